The van der Waals surface area contributed by atoms with Gasteiger partial charge in [0.25, 0.3) is 11.1 Å². The third kappa shape index (κ3) is 4.41. The maximum absolute atomic E-state index is 12.8. The molecule has 30 heavy (non-hydrogen) atoms. The fraction of sp³-hybridized carbons (Fsp3) is 0.200. The highest BCUT2D eigenvalue weighted by Gasteiger charge is 2.35. The highest BCUT2D eigenvalue weighted by atomic mass is 32.2. The zero-order valence-electron chi connectivity index (χ0n) is 17.0. The van der Waals surface area contributed by atoms with Gasteiger partial charge in [-0.3, -0.25) is 14.5 Å². The van der Waals surface area contributed by atoms with Crippen LogP contribution in [0.25, 0.3) is 16.8 Å². The Bertz CT molecular complexity index is 1120. The quantitative estimate of drug-likeness (QED) is 0.445. The molecule has 4 nitrogen and oxygen atoms in total. The predicted octanol–water partition coefficient (Wildman–Crippen LogP) is 6.25. The first kappa shape index (κ1) is 20.2. The second kappa shape index (κ2) is 8.76. The molecule has 1 atom stereocenters. The van der Waals surface area contributed by atoms with E-state index in [9.17, 15) is 9.59 Å². The third-order valence-electron chi connectivity index (χ3n) is 5.12. The number of ether oxygens (including phenoxy) is 1. The summed E-state index contributed by atoms with van der Waals surface area (Å²) in [4.78, 5) is 27.0. The molecule has 0 radical (unpaired) electrons. The summed E-state index contributed by atoms with van der Waals surface area (Å²) in [7, 11) is 0. The summed E-state index contributed by atoms with van der Waals surface area (Å²) in [6.45, 7) is 4.38. The van der Waals surface area contributed by atoms with Gasteiger partial charge in [0.2, 0.25) is 0 Å². The molecule has 1 saturated heterocycles. The number of amides is 2. The Morgan fingerprint density at radius 3 is 2.47 bits per heavy atom. The Balaban J connectivity index is 1.49. The van der Waals surface area contributed by atoms with E-state index in [0.29, 0.717) is 4.91 Å². The van der Waals surface area contributed by atoms with Gasteiger partial charge in [0.1, 0.15) is 5.75 Å². The molecule has 1 unspecified atom stereocenters. The minimum absolute atomic E-state index is 0.155. The summed E-state index contributed by atoms with van der Waals surface area (Å²) < 4.78 is 5.79. The molecular formula is C25H23NO3S. The van der Waals surface area contributed by atoms with Crippen molar-refractivity contribution >= 4 is 39.8 Å². The molecule has 1 aliphatic heterocycles. The van der Waals surface area contributed by atoms with Gasteiger partial charge < -0.3 is 4.74 Å². The Morgan fingerprint density at radius 1 is 1.00 bits per heavy atom. The highest BCUT2D eigenvalue weighted by Crippen LogP contribution is 2.34. The van der Waals surface area contributed by atoms with Gasteiger partial charge in [-0.1, -0.05) is 55.5 Å². The summed E-state index contributed by atoms with van der Waals surface area (Å²) >= 11 is 0.985. The molecular weight excluding hydrogens is 394 g/mol. The number of benzene rings is 3. The van der Waals surface area contributed by atoms with E-state index in [0.717, 1.165) is 45.8 Å². The van der Waals surface area contributed by atoms with Gasteiger partial charge in [-0.05, 0) is 71.3 Å². The highest BCUT2D eigenvalue weighted by molar-refractivity contribution is 8.18. The Kier molecular flexibility index (Phi) is 5.91. The molecule has 0 aromatic heterocycles. The fourth-order valence-electron chi connectivity index (χ4n) is 3.27. The van der Waals surface area contributed by atoms with Crippen molar-refractivity contribution in [3.05, 3.63) is 82.8 Å². The second-order valence-corrected chi connectivity index (χ2v) is 8.35. The van der Waals surface area contributed by atoms with Gasteiger partial charge in [0.15, 0.2) is 0 Å². The topological polar surface area (TPSA) is 46.6 Å². The van der Waals surface area contributed by atoms with E-state index in [2.05, 4.69) is 6.92 Å². The SMILES string of the molecule is CCC(C)Oc1ccc(/C=C2\SC(=O)N(Cc3ccc4ccccc4c3)C2=O)cc1. The lowest BCUT2D eigenvalue weighted by Crippen LogP contribution is -2.27. The molecule has 0 aliphatic carbocycles. The van der Waals surface area contributed by atoms with Gasteiger partial charge >= 0.3 is 0 Å². The molecule has 3 aromatic rings. The minimum Gasteiger partial charge on any atom is -0.491 e. The van der Waals surface area contributed by atoms with Crippen LogP contribution in [0.15, 0.2) is 71.6 Å². The van der Waals surface area contributed by atoms with Crippen molar-refractivity contribution in [3.63, 3.8) is 0 Å². The van der Waals surface area contributed by atoms with Gasteiger partial charge in [-0.15, -0.1) is 0 Å². The third-order valence-corrected chi connectivity index (χ3v) is 6.03. The first-order valence-corrected chi connectivity index (χ1v) is 10.8. The van der Waals surface area contributed by atoms with Crippen LogP contribution in [0, 0.1) is 0 Å². The first-order chi connectivity index (χ1) is 14.5. The van der Waals surface area contributed by atoms with Crippen LogP contribution >= 0.6 is 11.8 Å². The van der Waals surface area contributed by atoms with Crippen molar-refractivity contribution in [2.75, 3.05) is 0 Å². The van der Waals surface area contributed by atoms with Gasteiger partial charge in [0, 0.05) is 0 Å². The molecule has 0 bridgehead atoms. The Morgan fingerprint density at radius 2 is 1.73 bits per heavy atom. The molecule has 0 spiro atoms. The van der Waals surface area contributed by atoms with E-state index >= 15 is 0 Å². The summed E-state index contributed by atoms with van der Waals surface area (Å²) in [6, 6.07) is 21.6. The minimum atomic E-state index is -0.252. The number of carbonyl (C=O) groups excluding carboxylic acids is 2. The predicted molar refractivity (Wildman–Crippen MR) is 122 cm³/mol. The summed E-state index contributed by atoms with van der Waals surface area (Å²) in [5.41, 5.74) is 1.80. The molecule has 0 N–H and O–H groups in total. The second-order valence-electron chi connectivity index (χ2n) is 7.36. The average Bonchev–Trinajstić information content (AvgIpc) is 3.02. The molecule has 2 amide bonds. The average molecular weight is 418 g/mol. The van der Waals surface area contributed by atoms with E-state index in [1.165, 1.54) is 4.90 Å². The molecule has 1 heterocycles. The molecule has 152 valence electrons. The number of hydrogen-bond donors (Lipinski definition) is 0. The number of imide groups is 1. The lowest BCUT2D eigenvalue weighted by atomic mass is 10.1. The van der Waals surface area contributed by atoms with E-state index < -0.39 is 0 Å². The lowest BCUT2D eigenvalue weighted by molar-refractivity contribution is -0.123. The number of hydrogen-bond acceptors (Lipinski definition) is 4. The maximum Gasteiger partial charge on any atom is 0.293 e. The number of nitrogens with zero attached hydrogens (tertiary/aromatic N) is 1. The van der Waals surface area contributed by atoms with Gasteiger partial charge in [0.05, 0.1) is 17.6 Å². The number of fused-ring (bicyclic) bond motifs is 1. The van der Waals surface area contributed by atoms with Crippen molar-refractivity contribution in [1.82, 2.24) is 4.90 Å². The molecule has 0 saturated carbocycles. The standard InChI is InChI=1S/C25H23NO3S/c1-3-17(2)29-22-12-9-18(10-13-22)15-23-24(27)26(25(28)30-23)16-19-8-11-20-6-4-5-7-21(20)14-19/h4-15,17H,3,16H2,1-2H3/b23-15-. The number of rotatable bonds is 6. The Labute approximate surface area is 180 Å². The number of carbonyl (C=O) groups is 2. The summed E-state index contributed by atoms with van der Waals surface area (Å²) in [5.74, 6) is 0.545. The van der Waals surface area contributed by atoms with E-state index in [1.807, 2.05) is 73.7 Å². The molecule has 3 aromatic carbocycles. The van der Waals surface area contributed by atoms with Crippen molar-refractivity contribution in [1.29, 1.82) is 0 Å². The van der Waals surface area contributed by atoms with Crippen LogP contribution in [0.1, 0.15) is 31.4 Å². The van der Waals surface area contributed by atoms with Crippen LogP contribution < -0.4 is 4.74 Å². The molecule has 1 aliphatic rings. The maximum atomic E-state index is 12.8. The van der Waals surface area contributed by atoms with E-state index in [1.54, 1.807) is 6.08 Å². The molecule has 1 fully saturated rings. The van der Waals surface area contributed by atoms with Gasteiger partial charge in [-0.25, -0.2) is 0 Å². The van der Waals surface area contributed by atoms with Crippen molar-refractivity contribution in [3.8, 4) is 5.75 Å². The van der Waals surface area contributed by atoms with Crippen LogP contribution in [-0.2, 0) is 11.3 Å². The molecule has 4 rings (SSSR count). The van der Waals surface area contributed by atoms with E-state index in [4.69, 9.17) is 4.74 Å². The van der Waals surface area contributed by atoms with Crippen molar-refractivity contribution < 1.29 is 14.3 Å². The largest absolute Gasteiger partial charge is 0.491 e. The fourth-order valence-corrected chi connectivity index (χ4v) is 4.10. The zero-order chi connectivity index (χ0) is 21.1. The van der Waals surface area contributed by atoms with Crippen LogP contribution in [0.2, 0.25) is 0 Å². The van der Waals surface area contributed by atoms with Crippen LogP contribution in [-0.4, -0.2) is 22.2 Å². The molecule has 5 heteroatoms. The van der Waals surface area contributed by atoms with Crippen molar-refractivity contribution in [2.24, 2.45) is 0 Å². The zero-order valence-corrected chi connectivity index (χ0v) is 17.8. The lowest BCUT2D eigenvalue weighted by Gasteiger charge is -2.13. The van der Waals surface area contributed by atoms with E-state index in [-0.39, 0.29) is 23.8 Å². The summed E-state index contributed by atoms with van der Waals surface area (Å²) in [6.07, 6.45) is 2.85. The van der Waals surface area contributed by atoms with Crippen LogP contribution in [0.4, 0.5) is 4.79 Å². The normalized spacial score (nSPS) is 16.5. The summed E-state index contributed by atoms with van der Waals surface area (Å²) in [5, 5.41) is 1.99. The smallest absolute Gasteiger partial charge is 0.293 e. The monoisotopic (exact) mass is 417 g/mol. The van der Waals surface area contributed by atoms with Gasteiger partial charge in [-0.2, -0.15) is 0 Å². The first-order valence-electron chi connectivity index (χ1n) is 10.0. The Hall–Kier alpha value is -3.05. The van der Waals surface area contributed by atoms with Crippen LogP contribution in [0.3, 0.4) is 0 Å². The number of thioether (sulfide) groups is 1. The van der Waals surface area contributed by atoms with Crippen LogP contribution in [0.5, 0.6) is 5.75 Å². The van der Waals surface area contributed by atoms with Crippen molar-refractivity contribution in [2.45, 2.75) is 32.9 Å².